The summed E-state index contributed by atoms with van der Waals surface area (Å²) in [6.07, 6.45) is 0.965. The summed E-state index contributed by atoms with van der Waals surface area (Å²) in [6, 6.07) is 0. The van der Waals surface area contributed by atoms with Crippen LogP contribution in [-0.4, -0.2) is 38.9 Å². The Balaban J connectivity index is 2.44. The van der Waals surface area contributed by atoms with E-state index < -0.39 is 29.1 Å². The highest BCUT2D eigenvalue weighted by Gasteiger charge is 2.57. The minimum Gasteiger partial charge on any atom is -0.393 e. The molecule has 5 unspecified atom stereocenters. The van der Waals surface area contributed by atoms with Gasteiger partial charge in [0.2, 0.25) is 0 Å². The molecule has 5 atom stereocenters. The number of carbonyl (C=O) groups excluding carboxylic acids is 1. The summed E-state index contributed by atoms with van der Waals surface area (Å²) in [7, 11) is 0. The highest BCUT2D eigenvalue weighted by Crippen LogP contribution is 2.53. The minimum atomic E-state index is -1.08. The summed E-state index contributed by atoms with van der Waals surface area (Å²) in [6.45, 7) is 6.91. The SMILES string of the molecule is CC1=CC2(CC1=O)C(C)C(O)CC(C(C)(C)O)C2O. The van der Waals surface area contributed by atoms with Gasteiger partial charge in [-0.2, -0.15) is 0 Å². The number of hydrogen-bond donors (Lipinski definition) is 3. The number of rotatable bonds is 1. The van der Waals surface area contributed by atoms with Crippen molar-refractivity contribution in [2.75, 3.05) is 0 Å². The Hall–Kier alpha value is -0.710. The van der Waals surface area contributed by atoms with Gasteiger partial charge in [-0.1, -0.05) is 13.0 Å². The molecule has 4 heteroatoms. The van der Waals surface area contributed by atoms with E-state index in [0.717, 1.165) is 0 Å². The van der Waals surface area contributed by atoms with Crippen LogP contribution in [0.5, 0.6) is 0 Å². The van der Waals surface area contributed by atoms with Gasteiger partial charge in [0.25, 0.3) is 0 Å². The van der Waals surface area contributed by atoms with E-state index >= 15 is 0 Å². The third kappa shape index (κ3) is 2.16. The number of hydrogen-bond acceptors (Lipinski definition) is 4. The molecule has 0 aromatic carbocycles. The van der Waals surface area contributed by atoms with Crippen LogP contribution < -0.4 is 0 Å². The van der Waals surface area contributed by atoms with Crippen molar-refractivity contribution in [2.24, 2.45) is 17.3 Å². The van der Waals surface area contributed by atoms with E-state index in [4.69, 9.17) is 0 Å². The number of carbonyl (C=O) groups is 1. The van der Waals surface area contributed by atoms with E-state index in [9.17, 15) is 20.1 Å². The van der Waals surface area contributed by atoms with Crippen LogP contribution in [0.2, 0.25) is 0 Å². The Morgan fingerprint density at radius 3 is 2.37 bits per heavy atom. The summed E-state index contributed by atoms with van der Waals surface area (Å²) in [4.78, 5) is 11.9. The Kier molecular flexibility index (Phi) is 3.40. The molecule has 0 aliphatic heterocycles. The quantitative estimate of drug-likeness (QED) is 0.664. The zero-order valence-corrected chi connectivity index (χ0v) is 12.1. The summed E-state index contributed by atoms with van der Waals surface area (Å²) < 4.78 is 0. The lowest BCUT2D eigenvalue weighted by Crippen LogP contribution is -2.57. The molecule has 3 N–H and O–H groups in total. The first-order chi connectivity index (χ1) is 8.59. The summed E-state index contributed by atoms with van der Waals surface area (Å²) >= 11 is 0. The molecule has 1 fully saturated rings. The van der Waals surface area contributed by atoms with Gasteiger partial charge in [-0.3, -0.25) is 4.79 Å². The summed E-state index contributed by atoms with van der Waals surface area (Å²) in [5, 5.41) is 31.2. The molecule has 0 saturated heterocycles. The lowest BCUT2D eigenvalue weighted by Gasteiger charge is -2.51. The summed E-state index contributed by atoms with van der Waals surface area (Å²) in [5.41, 5.74) is -1.17. The summed E-state index contributed by atoms with van der Waals surface area (Å²) in [5.74, 6) is -0.606. The second-order valence-corrected chi connectivity index (χ2v) is 6.84. The third-order valence-electron chi connectivity index (χ3n) is 5.15. The molecule has 4 nitrogen and oxygen atoms in total. The zero-order chi connectivity index (χ0) is 14.6. The van der Waals surface area contributed by atoms with Crippen molar-refractivity contribution in [3.63, 3.8) is 0 Å². The van der Waals surface area contributed by atoms with Crippen molar-refractivity contribution < 1.29 is 20.1 Å². The van der Waals surface area contributed by atoms with Crippen molar-refractivity contribution in [1.82, 2.24) is 0 Å². The standard InChI is InChI=1S/C15H24O4/c1-8-6-15(7-12(8)17)9(2)11(16)5-10(13(15)18)14(3,4)19/h6,9-11,13,16,18-19H,5,7H2,1-4H3. The van der Waals surface area contributed by atoms with Gasteiger partial charge in [-0.25, -0.2) is 0 Å². The monoisotopic (exact) mass is 268 g/mol. The average molecular weight is 268 g/mol. The molecular weight excluding hydrogens is 244 g/mol. The molecule has 19 heavy (non-hydrogen) atoms. The third-order valence-corrected chi connectivity index (χ3v) is 5.15. The highest BCUT2D eigenvalue weighted by atomic mass is 16.3. The van der Waals surface area contributed by atoms with Crippen LogP contribution in [0, 0.1) is 17.3 Å². The van der Waals surface area contributed by atoms with E-state index in [1.807, 2.05) is 13.0 Å². The van der Waals surface area contributed by atoms with Gasteiger partial charge in [0.1, 0.15) is 0 Å². The van der Waals surface area contributed by atoms with Gasteiger partial charge in [-0.15, -0.1) is 0 Å². The van der Waals surface area contributed by atoms with E-state index in [1.54, 1.807) is 20.8 Å². The fourth-order valence-electron chi connectivity index (χ4n) is 3.70. The molecule has 0 bridgehead atoms. The predicted octanol–water partition coefficient (Wildman–Crippen LogP) is 1.04. The topological polar surface area (TPSA) is 77.8 Å². The first-order valence-electron chi connectivity index (χ1n) is 6.91. The normalized spacial score (nSPS) is 43.7. The first-order valence-corrected chi connectivity index (χ1v) is 6.91. The Morgan fingerprint density at radius 2 is 1.95 bits per heavy atom. The Labute approximate surface area is 114 Å². The second-order valence-electron chi connectivity index (χ2n) is 6.84. The maximum atomic E-state index is 11.9. The van der Waals surface area contributed by atoms with Crippen molar-refractivity contribution in [2.45, 2.75) is 58.3 Å². The maximum Gasteiger partial charge on any atom is 0.159 e. The first kappa shape index (κ1) is 14.7. The Bertz CT molecular complexity index is 420. The molecule has 0 aromatic heterocycles. The fourth-order valence-corrected chi connectivity index (χ4v) is 3.70. The molecule has 0 aromatic rings. The van der Waals surface area contributed by atoms with E-state index in [1.165, 1.54) is 0 Å². The smallest absolute Gasteiger partial charge is 0.159 e. The number of ketones is 1. The highest BCUT2D eigenvalue weighted by molar-refractivity contribution is 5.98. The van der Waals surface area contributed by atoms with Gasteiger partial charge in [0.05, 0.1) is 17.8 Å². The average Bonchev–Trinajstić information content (AvgIpc) is 2.58. The zero-order valence-electron chi connectivity index (χ0n) is 12.1. The maximum absolute atomic E-state index is 11.9. The molecular formula is C15H24O4. The van der Waals surface area contributed by atoms with Crippen molar-refractivity contribution in [3.05, 3.63) is 11.6 Å². The molecule has 2 aliphatic rings. The lowest BCUT2D eigenvalue weighted by atomic mass is 9.57. The van der Waals surface area contributed by atoms with Crippen LogP contribution in [0.15, 0.2) is 11.6 Å². The van der Waals surface area contributed by atoms with Gasteiger partial charge < -0.3 is 15.3 Å². The van der Waals surface area contributed by atoms with Gasteiger partial charge in [0, 0.05) is 17.8 Å². The van der Waals surface area contributed by atoms with Crippen LogP contribution in [-0.2, 0) is 4.79 Å². The molecule has 0 heterocycles. The number of Topliss-reactive ketones (excluding diaryl/α,β-unsaturated/α-hetero) is 1. The van der Waals surface area contributed by atoms with E-state index in [2.05, 4.69) is 0 Å². The van der Waals surface area contributed by atoms with Crippen molar-refractivity contribution >= 4 is 5.78 Å². The molecule has 1 saturated carbocycles. The predicted molar refractivity (Wildman–Crippen MR) is 71.4 cm³/mol. The molecule has 108 valence electrons. The van der Waals surface area contributed by atoms with E-state index in [-0.39, 0.29) is 18.1 Å². The molecule has 0 radical (unpaired) electrons. The van der Waals surface area contributed by atoms with Gasteiger partial charge >= 0.3 is 0 Å². The van der Waals surface area contributed by atoms with Crippen LogP contribution in [0.1, 0.15) is 40.5 Å². The molecule has 2 rings (SSSR count). The molecule has 2 aliphatic carbocycles. The van der Waals surface area contributed by atoms with Crippen LogP contribution in [0.4, 0.5) is 0 Å². The van der Waals surface area contributed by atoms with Crippen molar-refractivity contribution in [1.29, 1.82) is 0 Å². The van der Waals surface area contributed by atoms with Gasteiger partial charge in [0.15, 0.2) is 5.78 Å². The Morgan fingerprint density at radius 1 is 1.37 bits per heavy atom. The minimum absolute atomic E-state index is 0.0227. The molecule has 0 amide bonds. The van der Waals surface area contributed by atoms with Gasteiger partial charge in [-0.05, 0) is 38.7 Å². The number of allylic oxidation sites excluding steroid dienone is 1. The number of aliphatic hydroxyl groups excluding tert-OH is 2. The van der Waals surface area contributed by atoms with Crippen molar-refractivity contribution in [3.8, 4) is 0 Å². The second kappa shape index (κ2) is 4.40. The number of aliphatic hydroxyl groups is 3. The molecule has 1 spiro atoms. The fraction of sp³-hybridized carbons (Fsp3) is 0.800. The van der Waals surface area contributed by atoms with Crippen LogP contribution in [0.25, 0.3) is 0 Å². The van der Waals surface area contributed by atoms with Crippen LogP contribution in [0.3, 0.4) is 0 Å². The van der Waals surface area contributed by atoms with E-state index in [0.29, 0.717) is 12.0 Å². The van der Waals surface area contributed by atoms with Crippen LogP contribution >= 0.6 is 0 Å². The lowest BCUT2D eigenvalue weighted by molar-refractivity contribution is -0.164. The largest absolute Gasteiger partial charge is 0.393 e.